The number of aromatic nitrogens is 3. The summed E-state index contributed by atoms with van der Waals surface area (Å²) in [6.07, 6.45) is 1.63. The molecule has 228 valence electrons. The van der Waals surface area contributed by atoms with Gasteiger partial charge in [-0.05, 0) is 65.4 Å². The molecule has 0 radical (unpaired) electrons. The van der Waals surface area contributed by atoms with Crippen LogP contribution in [0.5, 0.6) is 6.01 Å². The van der Waals surface area contributed by atoms with Gasteiger partial charge in [0.15, 0.2) is 10.9 Å². The Balaban J connectivity index is 1.37. The van der Waals surface area contributed by atoms with Crippen LogP contribution in [0.25, 0.3) is 32.2 Å². The molecule has 1 atom stereocenters. The second-order valence-electron chi connectivity index (χ2n) is 11.9. The SMILES string of the molecule is CN1CCC[C@H]1COc1nc(NC2CN(C(=O)OC(C)(C)C)C2)c2cc(Cl)c(-c3ccc(F)c4sc(N)nc34)c(F)c2n1. The standard InChI is InChI=1S/C29H32ClF2N7O3S/c1-29(2,3)42-28(40)39-11-14(12-39)34-25-17-10-18(30)20(16-7-8-19(31)24-23(16)35-26(33)43-24)21(32)22(17)36-27(37-25)41-13-15-6-5-9-38(15)4/h7-8,10,14-15H,5-6,9,11-13H2,1-4H3,(H2,33,35)(H,34,36,37)/t15-/m0/s1. The van der Waals surface area contributed by atoms with E-state index < -0.39 is 23.3 Å². The van der Waals surface area contributed by atoms with Crippen molar-refractivity contribution in [3.8, 4) is 17.1 Å². The predicted molar refractivity (Wildman–Crippen MR) is 164 cm³/mol. The monoisotopic (exact) mass is 631 g/mol. The van der Waals surface area contributed by atoms with Gasteiger partial charge in [-0.2, -0.15) is 9.97 Å². The summed E-state index contributed by atoms with van der Waals surface area (Å²) in [7, 11) is 2.03. The highest BCUT2D eigenvalue weighted by molar-refractivity contribution is 7.22. The normalized spacial score (nSPS) is 17.9. The van der Waals surface area contributed by atoms with Crippen LogP contribution in [0.2, 0.25) is 5.02 Å². The smallest absolute Gasteiger partial charge is 0.410 e. The van der Waals surface area contributed by atoms with Gasteiger partial charge in [0.25, 0.3) is 0 Å². The first kappa shape index (κ1) is 29.5. The van der Waals surface area contributed by atoms with Crippen LogP contribution in [0.15, 0.2) is 18.2 Å². The van der Waals surface area contributed by atoms with Crippen LogP contribution in [0.3, 0.4) is 0 Å². The van der Waals surface area contributed by atoms with Crippen LogP contribution >= 0.6 is 22.9 Å². The molecule has 6 rings (SSSR count). The molecule has 2 aliphatic heterocycles. The van der Waals surface area contributed by atoms with Crippen LogP contribution in [-0.4, -0.2) is 81.8 Å². The first-order chi connectivity index (χ1) is 20.4. The Morgan fingerprint density at radius 3 is 2.67 bits per heavy atom. The molecule has 0 bridgehead atoms. The fourth-order valence-corrected chi connectivity index (χ4v) is 6.45. The van der Waals surface area contributed by atoms with E-state index in [0.29, 0.717) is 36.5 Å². The van der Waals surface area contributed by atoms with Crippen molar-refractivity contribution in [2.24, 2.45) is 0 Å². The van der Waals surface area contributed by atoms with E-state index in [1.807, 2.05) is 27.8 Å². The highest BCUT2D eigenvalue weighted by atomic mass is 35.5. The van der Waals surface area contributed by atoms with E-state index in [-0.39, 0.29) is 49.5 Å². The van der Waals surface area contributed by atoms with Gasteiger partial charge in [-0.3, -0.25) is 0 Å². The molecule has 0 aliphatic carbocycles. The van der Waals surface area contributed by atoms with Crippen LogP contribution < -0.4 is 15.8 Å². The first-order valence-corrected chi connectivity index (χ1v) is 15.2. The molecule has 3 N–H and O–H groups in total. The van der Waals surface area contributed by atoms with Crippen molar-refractivity contribution < 1.29 is 23.0 Å². The van der Waals surface area contributed by atoms with Gasteiger partial charge in [-0.15, -0.1) is 0 Å². The van der Waals surface area contributed by atoms with Gasteiger partial charge in [0.05, 0.1) is 21.3 Å². The summed E-state index contributed by atoms with van der Waals surface area (Å²) in [4.78, 5) is 29.5. The zero-order valence-corrected chi connectivity index (χ0v) is 25.8. The van der Waals surface area contributed by atoms with Crippen molar-refractivity contribution in [2.45, 2.75) is 51.3 Å². The third-order valence-electron chi connectivity index (χ3n) is 7.59. The fourth-order valence-electron chi connectivity index (χ4n) is 5.39. The number of benzene rings is 2. The molecule has 43 heavy (non-hydrogen) atoms. The summed E-state index contributed by atoms with van der Waals surface area (Å²) < 4.78 is 42.7. The lowest BCUT2D eigenvalue weighted by molar-refractivity contribution is 0.0104. The van der Waals surface area contributed by atoms with Crippen molar-refractivity contribution in [2.75, 3.05) is 44.3 Å². The summed E-state index contributed by atoms with van der Waals surface area (Å²) in [6, 6.07) is 4.27. The number of likely N-dealkylation sites (tertiary alicyclic amines) is 2. The van der Waals surface area contributed by atoms with E-state index >= 15 is 4.39 Å². The molecule has 14 heteroatoms. The maximum Gasteiger partial charge on any atom is 0.410 e. The number of nitrogens with two attached hydrogens (primary N) is 1. The summed E-state index contributed by atoms with van der Waals surface area (Å²) in [5, 5.41) is 3.87. The lowest BCUT2D eigenvalue weighted by Crippen LogP contribution is -2.58. The third-order valence-corrected chi connectivity index (χ3v) is 8.79. The number of rotatable bonds is 6. The minimum atomic E-state index is -0.723. The molecule has 4 heterocycles. The number of anilines is 2. The molecule has 4 aromatic rings. The Bertz CT molecular complexity index is 1720. The second kappa shape index (κ2) is 11.2. The van der Waals surface area contributed by atoms with Gasteiger partial charge in [-0.25, -0.2) is 18.6 Å². The maximum atomic E-state index is 16.5. The van der Waals surface area contributed by atoms with E-state index in [4.69, 9.17) is 26.8 Å². The average Bonchev–Trinajstić information content (AvgIpc) is 3.50. The summed E-state index contributed by atoms with van der Waals surface area (Å²) in [5.41, 5.74) is 5.77. The molecule has 2 aliphatic rings. The van der Waals surface area contributed by atoms with Crippen molar-refractivity contribution in [1.29, 1.82) is 0 Å². The Hall–Kier alpha value is -3.55. The molecular formula is C29H32ClF2N7O3S. The number of nitrogens with zero attached hydrogens (tertiary/aromatic N) is 5. The average molecular weight is 632 g/mol. The highest BCUT2D eigenvalue weighted by Crippen LogP contribution is 2.42. The zero-order valence-electron chi connectivity index (χ0n) is 24.2. The predicted octanol–water partition coefficient (Wildman–Crippen LogP) is 5.92. The van der Waals surface area contributed by atoms with Gasteiger partial charge in [-0.1, -0.05) is 22.9 Å². The maximum absolute atomic E-state index is 16.5. The number of amides is 1. The molecule has 2 fully saturated rings. The minimum absolute atomic E-state index is 0.00736. The van der Waals surface area contributed by atoms with Crippen LogP contribution in [0.1, 0.15) is 33.6 Å². The summed E-state index contributed by atoms with van der Waals surface area (Å²) >= 11 is 7.67. The summed E-state index contributed by atoms with van der Waals surface area (Å²) in [5.74, 6) is -0.907. The van der Waals surface area contributed by atoms with Crippen molar-refractivity contribution >= 4 is 61.1 Å². The van der Waals surface area contributed by atoms with E-state index in [9.17, 15) is 9.18 Å². The number of thiazole rings is 1. The number of halogens is 3. The molecule has 10 nitrogen and oxygen atoms in total. The van der Waals surface area contributed by atoms with E-state index in [0.717, 1.165) is 30.7 Å². The number of hydrogen-bond acceptors (Lipinski definition) is 10. The van der Waals surface area contributed by atoms with Gasteiger partial charge >= 0.3 is 12.1 Å². The Labute approximate surface area is 256 Å². The number of fused-ring (bicyclic) bond motifs is 2. The number of nitrogens with one attached hydrogen (secondary N) is 1. The quantitative estimate of drug-likeness (QED) is 0.267. The highest BCUT2D eigenvalue weighted by Gasteiger charge is 2.35. The molecule has 2 aromatic carbocycles. The van der Waals surface area contributed by atoms with Gasteiger partial charge in [0, 0.05) is 35.6 Å². The fraction of sp³-hybridized carbons (Fsp3) is 0.448. The second-order valence-corrected chi connectivity index (χ2v) is 13.4. The Morgan fingerprint density at radius 1 is 1.21 bits per heavy atom. The van der Waals surface area contributed by atoms with E-state index in [2.05, 4.69) is 25.2 Å². The number of ether oxygens (including phenoxy) is 2. The van der Waals surface area contributed by atoms with Crippen molar-refractivity contribution in [1.82, 2.24) is 24.8 Å². The Morgan fingerprint density at radius 2 is 1.98 bits per heavy atom. The van der Waals surface area contributed by atoms with Crippen LogP contribution in [-0.2, 0) is 4.74 Å². The molecule has 1 amide bonds. The van der Waals surface area contributed by atoms with Crippen LogP contribution in [0.4, 0.5) is 24.5 Å². The van der Waals surface area contributed by atoms with Gasteiger partial charge in [0.2, 0.25) is 0 Å². The third kappa shape index (κ3) is 5.85. The number of likely N-dealkylation sites (N-methyl/N-ethyl adjacent to an activating group) is 1. The van der Waals surface area contributed by atoms with E-state index in [1.165, 1.54) is 12.1 Å². The topological polar surface area (TPSA) is 119 Å². The molecular weight excluding hydrogens is 600 g/mol. The molecule has 2 saturated heterocycles. The minimum Gasteiger partial charge on any atom is -0.462 e. The summed E-state index contributed by atoms with van der Waals surface area (Å²) in [6.45, 7) is 7.49. The lowest BCUT2D eigenvalue weighted by atomic mass is 10.0. The number of nitrogen functional groups attached to an aromatic ring is 1. The number of carbonyl (C=O) groups excluding carboxylic acids is 1. The number of carbonyl (C=O) groups is 1. The molecule has 0 saturated carbocycles. The largest absolute Gasteiger partial charge is 0.462 e. The first-order valence-electron chi connectivity index (χ1n) is 14.0. The van der Waals surface area contributed by atoms with E-state index in [1.54, 1.807) is 11.0 Å². The van der Waals surface area contributed by atoms with Crippen LogP contribution in [0, 0.1) is 11.6 Å². The molecule has 0 unspecified atom stereocenters. The molecule has 0 spiro atoms. The number of hydrogen-bond donors (Lipinski definition) is 2. The lowest BCUT2D eigenvalue weighted by Gasteiger charge is -2.40. The molecule has 2 aromatic heterocycles. The zero-order chi connectivity index (χ0) is 30.6. The van der Waals surface area contributed by atoms with Crippen molar-refractivity contribution in [3.63, 3.8) is 0 Å². The Kier molecular flexibility index (Phi) is 7.68. The van der Waals surface area contributed by atoms with Crippen molar-refractivity contribution in [3.05, 3.63) is 34.9 Å². The van der Waals surface area contributed by atoms with Gasteiger partial charge < -0.3 is 30.3 Å². The van der Waals surface area contributed by atoms with Gasteiger partial charge in [0.1, 0.15) is 29.4 Å².